The Morgan fingerprint density at radius 1 is 0.466 bits per heavy atom. The van der Waals surface area contributed by atoms with Gasteiger partial charge in [-0.05, 0) is 83.5 Å². The zero-order valence-electron chi connectivity index (χ0n) is 44.8. The van der Waals surface area contributed by atoms with Crippen molar-refractivity contribution in [1.82, 2.24) is 0 Å². The van der Waals surface area contributed by atoms with Crippen molar-refractivity contribution in [1.29, 1.82) is 0 Å². The van der Waals surface area contributed by atoms with E-state index in [1.54, 1.807) is 0 Å². The van der Waals surface area contributed by atoms with Gasteiger partial charge in [-0.1, -0.05) is 176 Å². The van der Waals surface area contributed by atoms with Crippen LogP contribution in [0.3, 0.4) is 0 Å². The molecule has 0 aromatic rings. The van der Waals surface area contributed by atoms with Gasteiger partial charge in [-0.2, -0.15) is 0 Å². The molecule has 14 nitrogen and oxygen atoms in total. The summed E-state index contributed by atoms with van der Waals surface area (Å²) >= 11 is 0. The highest BCUT2D eigenvalue weighted by atomic mass is 16.7. The fraction of sp³-hybridized carbons (Fsp3) is 0.746. The Bertz CT molecular complexity index is 1530. The van der Waals surface area contributed by atoms with E-state index in [4.69, 9.17) is 28.4 Å². The molecule has 0 radical (unpaired) electrons. The maximum absolute atomic E-state index is 13.1. The Labute approximate surface area is 439 Å². The van der Waals surface area contributed by atoms with Crippen LogP contribution in [0.25, 0.3) is 0 Å². The van der Waals surface area contributed by atoms with Crippen LogP contribution in [0, 0.1) is 0 Å². The van der Waals surface area contributed by atoms with Gasteiger partial charge in [0.05, 0.1) is 26.4 Å². The van der Waals surface area contributed by atoms with Crippen molar-refractivity contribution in [2.24, 2.45) is 0 Å². The quantitative estimate of drug-likeness (QED) is 0.0172. The zero-order valence-corrected chi connectivity index (χ0v) is 44.8. The van der Waals surface area contributed by atoms with Crippen LogP contribution < -0.4 is 0 Å². The van der Waals surface area contributed by atoms with E-state index in [1.165, 1.54) is 77.0 Å². The fourth-order valence-corrected chi connectivity index (χ4v) is 8.35. The molecule has 7 N–H and O–H groups in total. The third-order valence-corrected chi connectivity index (χ3v) is 12.9. The van der Waals surface area contributed by atoms with Crippen molar-refractivity contribution in [3.8, 4) is 0 Å². The number of ether oxygens (including phenoxy) is 6. The molecule has 2 aliphatic rings. The normalized spacial score (nSPS) is 25.6. The summed E-state index contributed by atoms with van der Waals surface area (Å²) in [6, 6.07) is 0. The number of rotatable bonds is 44. The first kappa shape index (κ1) is 66.3. The Hall–Kier alpha value is -2.83. The number of hydrogen-bond acceptors (Lipinski definition) is 14. The number of aliphatic hydroxyl groups is 7. The van der Waals surface area contributed by atoms with E-state index >= 15 is 0 Å². The third kappa shape index (κ3) is 32.4. The molecule has 0 aliphatic carbocycles. The fourth-order valence-electron chi connectivity index (χ4n) is 8.35. The van der Waals surface area contributed by atoms with Crippen molar-refractivity contribution < 1.29 is 69.0 Å². The van der Waals surface area contributed by atoms with Gasteiger partial charge in [-0.3, -0.25) is 4.79 Å². The van der Waals surface area contributed by atoms with Crippen molar-refractivity contribution in [3.63, 3.8) is 0 Å². The number of aliphatic hydroxyl groups excluding tert-OH is 7. The van der Waals surface area contributed by atoms with Crippen LogP contribution in [0.2, 0.25) is 0 Å². The second-order valence-electron chi connectivity index (χ2n) is 19.4. The molecule has 14 heteroatoms. The van der Waals surface area contributed by atoms with Gasteiger partial charge in [-0.25, -0.2) is 0 Å². The minimum absolute atomic E-state index is 0.0174. The van der Waals surface area contributed by atoms with Crippen molar-refractivity contribution in [2.45, 2.75) is 248 Å². The van der Waals surface area contributed by atoms with Gasteiger partial charge in [0.15, 0.2) is 12.6 Å². The number of allylic oxidation sites excluding steroid dienone is 14. The van der Waals surface area contributed by atoms with E-state index in [0.29, 0.717) is 13.0 Å². The average molecular weight is 1030 g/mol. The lowest BCUT2D eigenvalue weighted by molar-refractivity contribution is -0.332. The van der Waals surface area contributed by atoms with Gasteiger partial charge in [0.2, 0.25) is 0 Å². The molecule has 0 bridgehead atoms. The molecule has 2 rings (SSSR count). The van der Waals surface area contributed by atoms with Gasteiger partial charge in [0.1, 0.15) is 54.9 Å². The third-order valence-electron chi connectivity index (χ3n) is 12.9. The number of unbranched alkanes of at least 4 members (excludes halogenated alkanes) is 16. The Balaban J connectivity index is 1.72. The molecule has 0 aromatic carbocycles. The molecule has 0 saturated carbocycles. The monoisotopic (exact) mass is 1030 g/mol. The van der Waals surface area contributed by atoms with Crippen molar-refractivity contribution >= 4 is 5.97 Å². The predicted molar refractivity (Wildman–Crippen MR) is 288 cm³/mol. The molecule has 420 valence electrons. The van der Waals surface area contributed by atoms with Gasteiger partial charge in [0.25, 0.3) is 0 Å². The van der Waals surface area contributed by atoms with Crippen LogP contribution in [-0.4, -0.2) is 142 Å². The van der Waals surface area contributed by atoms with Gasteiger partial charge >= 0.3 is 5.97 Å². The SMILES string of the molecule is CC/C=C\C/C=C\C/C=C\C/C=C\CCCOCC(COC1OC(COC2OC(CO)C(O)C(O)C2O)C(O)C(O)C1O)OC(=O)CCCCCCCCCCCC/C=C\C/C=C\C/C=C\CCCCCCC. The number of carbonyl (C=O) groups is 1. The van der Waals surface area contributed by atoms with E-state index in [1.807, 2.05) is 0 Å². The molecule has 2 fully saturated rings. The lowest BCUT2D eigenvalue weighted by Crippen LogP contribution is -2.61. The van der Waals surface area contributed by atoms with Gasteiger partial charge in [0, 0.05) is 13.0 Å². The summed E-state index contributed by atoms with van der Waals surface area (Å²) < 4.78 is 34.2. The van der Waals surface area contributed by atoms with Crippen LogP contribution in [-0.2, 0) is 33.2 Å². The predicted octanol–water partition coefficient (Wildman–Crippen LogP) is 9.63. The molecule has 11 unspecified atom stereocenters. The molecule has 0 aromatic heterocycles. The summed E-state index contributed by atoms with van der Waals surface area (Å²) in [6.45, 7) is 3.39. The average Bonchev–Trinajstić information content (AvgIpc) is 3.39. The maximum Gasteiger partial charge on any atom is 0.306 e. The molecule has 0 amide bonds. The standard InChI is InChI=1S/C59H100O14/c1-3-5-7-9-11-13-15-17-19-20-21-22-23-24-25-26-27-28-29-30-32-34-36-38-40-42-51(61)71-48(45-68-43-41-39-37-35-33-31-18-16-14-12-10-8-6-4-2)46-69-58-57(67)55(65)53(63)50(73-58)47-70-59-56(66)54(64)52(62)49(44-60)72-59/h6,8,12,14-15,17-18,20-21,23-24,31,35,37,48-50,52-60,62-67H,3-5,7,9-11,13,16,19,22,25-30,32-34,36,38-47H2,1-2H3/b8-6-,14-12-,17-15-,21-20-,24-23-,31-18-,37-35-. The second-order valence-corrected chi connectivity index (χ2v) is 19.4. The first-order valence-corrected chi connectivity index (χ1v) is 28.2. The van der Waals surface area contributed by atoms with E-state index in [-0.39, 0.29) is 19.6 Å². The Morgan fingerprint density at radius 3 is 1.40 bits per heavy atom. The molecule has 11 atom stereocenters. The molecule has 73 heavy (non-hydrogen) atoms. The van der Waals surface area contributed by atoms with Gasteiger partial charge in [-0.15, -0.1) is 0 Å². The minimum Gasteiger partial charge on any atom is -0.457 e. The summed E-state index contributed by atoms with van der Waals surface area (Å²) in [7, 11) is 0. The van der Waals surface area contributed by atoms with Crippen LogP contribution >= 0.6 is 0 Å². The molecule has 0 spiro atoms. The summed E-state index contributed by atoms with van der Waals surface area (Å²) in [5, 5.41) is 72.2. The Morgan fingerprint density at radius 2 is 0.890 bits per heavy atom. The molecular formula is C59H100O14. The topological polar surface area (TPSA) is 214 Å². The van der Waals surface area contributed by atoms with E-state index < -0.39 is 86.7 Å². The lowest BCUT2D eigenvalue weighted by atomic mass is 9.98. The highest BCUT2D eigenvalue weighted by Crippen LogP contribution is 2.26. The molecular weight excluding hydrogens is 933 g/mol. The smallest absolute Gasteiger partial charge is 0.306 e. The highest BCUT2D eigenvalue weighted by molar-refractivity contribution is 5.69. The van der Waals surface area contributed by atoms with E-state index in [9.17, 15) is 40.5 Å². The lowest BCUT2D eigenvalue weighted by Gasteiger charge is -2.42. The first-order chi connectivity index (χ1) is 35.6. The summed E-state index contributed by atoms with van der Waals surface area (Å²) in [4.78, 5) is 13.1. The number of carbonyl (C=O) groups excluding carboxylic acids is 1. The number of esters is 1. The minimum atomic E-state index is -1.72. The maximum atomic E-state index is 13.1. The first-order valence-electron chi connectivity index (χ1n) is 28.2. The van der Waals surface area contributed by atoms with Crippen LogP contribution in [0.1, 0.15) is 181 Å². The number of hydrogen-bond donors (Lipinski definition) is 7. The summed E-state index contributed by atoms with van der Waals surface area (Å²) in [5.41, 5.74) is 0. The second kappa shape index (κ2) is 45.4. The molecule has 2 saturated heterocycles. The Kier molecular flexibility index (Phi) is 41.2. The van der Waals surface area contributed by atoms with E-state index in [0.717, 1.165) is 77.0 Å². The summed E-state index contributed by atoms with van der Waals surface area (Å²) in [6.07, 6.45) is 42.3. The van der Waals surface area contributed by atoms with E-state index in [2.05, 4.69) is 98.9 Å². The van der Waals surface area contributed by atoms with Crippen LogP contribution in [0.5, 0.6) is 0 Å². The van der Waals surface area contributed by atoms with Crippen LogP contribution in [0.15, 0.2) is 85.1 Å². The highest BCUT2D eigenvalue weighted by Gasteiger charge is 2.47. The van der Waals surface area contributed by atoms with Gasteiger partial charge < -0.3 is 64.2 Å². The van der Waals surface area contributed by atoms with Crippen molar-refractivity contribution in [3.05, 3.63) is 85.1 Å². The largest absolute Gasteiger partial charge is 0.457 e. The van der Waals surface area contributed by atoms with Crippen molar-refractivity contribution in [2.75, 3.05) is 33.0 Å². The van der Waals surface area contributed by atoms with Crippen LogP contribution in [0.4, 0.5) is 0 Å². The molecule has 2 aliphatic heterocycles. The summed E-state index contributed by atoms with van der Waals surface area (Å²) in [5.74, 6) is -0.402. The zero-order chi connectivity index (χ0) is 53.0. The molecule has 2 heterocycles.